The molecule has 0 spiro atoms. The molecule has 0 bridgehead atoms. The zero-order valence-corrected chi connectivity index (χ0v) is 10.6. The Labute approximate surface area is 107 Å². The Hall–Kier alpha value is -1.80. The highest BCUT2D eigenvalue weighted by molar-refractivity contribution is 5.78. The lowest BCUT2D eigenvalue weighted by Gasteiger charge is -2.34. The molecule has 1 amide bonds. The van der Waals surface area contributed by atoms with Gasteiger partial charge in [-0.3, -0.25) is 9.69 Å². The van der Waals surface area contributed by atoms with Gasteiger partial charge in [-0.25, -0.2) is 0 Å². The van der Waals surface area contributed by atoms with Gasteiger partial charge in [-0.05, 0) is 19.1 Å². The number of aromatic nitrogens is 1. The summed E-state index contributed by atoms with van der Waals surface area (Å²) < 4.78 is 2.23. The van der Waals surface area contributed by atoms with Gasteiger partial charge in [0.05, 0.1) is 19.0 Å². The van der Waals surface area contributed by atoms with Gasteiger partial charge in [-0.2, -0.15) is 5.26 Å². The molecule has 1 unspecified atom stereocenters. The van der Waals surface area contributed by atoms with Gasteiger partial charge in [0.2, 0.25) is 5.91 Å². The van der Waals surface area contributed by atoms with Crippen molar-refractivity contribution in [2.24, 2.45) is 0 Å². The van der Waals surface area contributed by atoms with Crippen molar-refractivity contribution in [1.29, 1.82) is 5.26 Å². The molecule has 1 atom stereocenters. The lowest BCUT2D eigenvalue weighted by Crippen LogP contribution is -2.43. The molecule has 1 N–H and O–H groups in total. The Morgan fingerprint density at radius 1 is 1.61 bits per heavy atom. The van der Waals surface area contributed by atoms with Gasteiger partial charge in [0.25, 0.3) is 0 Å². The number of fused-ring (bicyclic) bond motifs is 1. The zero-order valence-electron chi connectivity index (χ0n) is 10.6. The zero-order chi connectivity index (χ0) is 13.0. The highest BCUT2D eigenvalue weighted by Crippen LogP contribution is 2.24. The summed E-state index contributed by atoms with van der Waals surface area (Å²) in [4.78, 5) is 13.9. The van der Waals surface area contributed by atoms with E-state index in [0.29, 0.717) is 19.5 Å². The largest absolute Gasteiger partial charge is 0.354 e. The summed E-state index contributed by atoms with van der Waals surface area (Å²) in [6, 6.07) is 6.42. The van der Waals surface area contributed by atoms with E-state index in [1.165, 1.54) is 5.69 Å². The second-order valence-electron chi connectivity index (χ2n) is 4.53. The second-order valence-corrected chi connectivity index (χ2v) is 4.53. The average Bonchev–Trinajstić information content (AvgIpc) is 2.82. The maximum absolute atomic E-state index is 11.7. The van der Waals surface area contributed by atoms with Crippen LogP contribution in [0.25, 0.3) is 0 Å². The monoisotopic (exact) mass is 246 g/mol. The second kappa shape index (κ2) is 5.69. The topological polar surface area (TPSA) is 61.1 Å². The smallest absolute Gasteiger partial charge is 0.234 e. The summed E-state index contributed by atoms with van der Waals surface area (Å²) in [7, 11) is 0. The van der Waals surface area contributed by atoms with E-state index in [9.17, 15) is 4.79 Å². The molecule has 5 heteroatoms. The molecular weight excluding hydrogens is 228 g/mol. The summed E-state index contributed by atoms with van der Waals surface area (Å²) in [5.41, 5.74) is 1.26. The summed E-state index contributed by atoms with van der Waals surface area (Å²) in [5.74, 6) is -0.00268. The first-order valence-corrected chi connectivity index (χ1v) is 6.25. The van der Waals surface area contributed by atoms with Crippen molar-refractivity contribution in [3.8, 4) is 6.07 Å². The molecule has 0 radical (unpaired) electrons. The number of carbonyl (C=O) groups is 1. The molecule has 2 heterocycles. The molecule has 1 aliphatic rings. The molecule has 2 rings (SSSR count). The van der Waals surface area contributed by atoms with Gasteiger partial charge in [0.15, 0.2) is 0 Å². The first-order valence-electron chi connectivity index (χ1n) is 6.25. The Balaban J connectivity index is 1.88. The third-order valence-corrected chi connectivity index (χ3v) is 3.37. The van der Waals surface area contributed by atoms with Crippen molar-refractivity contribution in [2.45, 2.75) is 25.9 Å². The molecular formula is C13H18N4O. The Morgan fingerprint density at radius 3 is 3.22 bits per heavy atom. The van der Waals surface area contributed by atoms with Crippen LogP contribution in [0.3, 0.4) is 0 Å². The van der Waals surface area contributed by atoms with E-state index in [2.05, 4.69) is 34.0 Å². The van der Waals surface area contributed by atoms with E-state index in [4.69, 9.17) is 5.26 Å². The minimum absolute atomic E-state index is 0.00268. The molecule has 96 valence electrons. The highest BCUT2D eigenvalue weighted by Gasteiger charge is 2.24. The van der Waals surface area contributed by atoms with Crippen molar-refractivity contribution in [3.63, 3.8) is 0 Å². The normalized spacial score (nSPS) is 19.0. The molecule has 1 aromatic rings. The number of amides is 1. The first-order chi connectivity index (χ1) is 8.72. The third-order valence-electron chi connectivity index (χ3n) is 3.37. The van der Waals surface area contributed by atoms with Crippen LogP contribution in [0.4, 0.5) is 0 Å². The highest BCUT2D eigenvalue weighted by atomic mass is 16.2. The fraction of sp³-hybridized carbons (Fsp3) is 0.538. The first kappa shape index (κ1) is 12.7. The molecule has 5 nitrogen and oxygen atoms in total. The number of nitrogens with one attached hydrogen (secondary N) is 1. The summed E-state index contributed by atoms with van der Waals surface area (Å²) in [5, 5.41) is 11.2. The summed E-state index contributed by atoms with van der Waals surface area (Å²) in [6.45, 7) is 4.77. The minimum atomic E-state index is -0.00268. The van der Waals surface area contributed by atoms with Crippen molar-refractivity contribution in [3.05, 3.63) is 24.0 Å². The number of carbonyl (C=O) groups excluding carboxylic acids is 1. The van der Waals surface area contributed by atoms with E-state index >= 15 is 0 Å². The standard InChI is InChI=1S/C13H18N4O/c1-11-12-4-2-7-16(12)8-9-17(11)10-13(18)15-6-3-5-14/h2,4,7,11H,3,6,8-10H2,1H3,(H,15,18). The summed E-state index contributed by atoms with van der Waals surface area (Å²) in [6.07, 6.45) is 2.44. The molecule has 0 saturated carbocycles. The predicted octanol–water partition coefficient (Wildman–Crippen LogP) is 0.895. The quantitative estimate of drug-likeness (QED) is 0.803. The molecule has 0 saturated heterocycles. The Morgan fingerprint density at radius 2 is 2.44 bits per heavy atom. The van der Waals surface area contributed by atoms with Crippen molar-refractivity contribution >= 4 is 5.91 Å². The van der Waals surface area contributed by atoms with Crippen LogP contribution in [0.2, 0.25) is 0 Å². The van der Waals surface area contributed by atoms with Crippen molar-refractivity contribution < 1.29 is 4.79 Å². The predicted molar refractivity (Wildman–Crippen MR) is 67.7 cm³/mol. The van der Waals surface area contributed by atoms with Gasteiger partial charge < -0.3 is 9.88 Å². The lowest BCUT2D eigenvalue weighted by molar-refractivity contribution is -0.123. The van der Waals surface area contributed by atoms with Crippen LogP contribution < -0.4 is 5.32 Å². The van der Waals surface area contributed by atoms with Crippen LogP contribution in [0, 0.1) is 11.3 Å². The van der Waals surface area contributed by atoms with Crippen LogP contribution >= 0.6 is 0 Å². The van der Waals surface area contributed by atoms with Gasteiger partial charge in [0, 0.05) is 37.6 Å². The lowest BCUT2D eigenvalue weighted by atomic mass is 10.1. The number of hydrogen-bond acceptors (Lipinski definition) is 3. The van der Waals surface area contributed by atoms with E-state index in [-0.39, 0.29) is 11.9 Å². The van der Waals surface area contributed by atoms with Gasteiger partial charge in [-0.1, -0.05) is 0 Å². The van der Waals surface area contributed by atoms with Gasteiger partial charge in [0.1, 0.15) is 0 Å². The van der Waals surface area contributed by atoms with Crippen LogP contribution in [-0.4, -0.2) is 35.0 Å². The van der Waals surface area contributed by atoms with Crippen LogP contribution in [0.15, 0.2) is 18.3 Å². The van der Waals surface area contributed by atoms with Gasteiger partial charge >= 0.3 is 0 Å². The number of nitrogens with zero attached hydrogens (tertiary/aromatic N) is 3. The fourth-order valence-electron chi connectivity index (χ4n) is 2.34. The van der Waals surface area contributed by atoms with Crippen LogP contribution in [0.5, 0.6) is 0 Å². The summed E-state index contributed by atoms with van der Waals surface area (Å²) >= 11 is 0. The molecule has 0 aliphatic carbocycles. The molecule has 1 aromatic heterocycles. The molecule has 18 heavy (non-hydrogen) atoms. The minimum Gasteiger partial charge on any atom is -0.354 e. The fourth-order valence-corrected chi connectivity index (χ4v) is 2.34. The Bertz CT molecular complexity index is 460. The number of nitriles is 1. The third kappa shape index (κ3) is 2.71. The van der Waals surface area contributed by atoms with Crippen molar-refractivity contribution in [1.82, 2.24) is 14.8 Å². The van der Waals surface area contributed by atoms with Crippen molar-refractivity contribution in [2.75, 3.05) is 19.6 Å². The van der Waals surface area contributed by atoms with Crippen LogP contribution in [-0.2, 0) is 11.3 Å². The van der Waals surface area contributed by atoms with E-state index < -0.39 is 0 Å². The van der Waals surface area contributed by atoms with Gasteiger partial charge in [-0.15, -0.1) is 0 Å². The van der Waals surface area contributed by atoms with Crippen LogP contribution in [0.1, 0.15) is 25.1 Å². The number of hydrogen-bond donors (Lipinski definition) is 1. The number of rotatable bonds is 4. The molecule has 0 aromatic carbocycles. The SMILES string of the molecule is CC1c2cccn2CCN1CC(=O)NCCC#N. The van der Waals surface area contributed by atoms with E-state index in [1.54, 1.807) is 0 Å². The molecule has 0 fully saturated rings. The maximum Gasteiger partial charge on any atom is 0.234 e. The molecule has 1 aliphatic heterocycles. The van der Waals surface area contributed by atoms with E-state index in [1.807, 2.05) is 12.1 Å². The Kier molecular flexibility index (Phi) is 4.00. The average molecular weight is 246 g/mol. The maximum atomic E-state index is 11.7. The van der Waals surface area contributed by atoms with E-state index in [0.717, 1.165) is 13.1 Å².